The van der Waals surface area contributed by atoms with Gasteiger partial charge in [-0.25, -0.2) is 16.8 Å². The summed E-state index contributed by atoms with van der Waals surface area (Å²) in [6, 6.07) is 11.4. The Labute approximate surface area is 178 Å². The summed E-state index contributed by atoms with van der Waals surface area (Å²) in [5.74, 6) is -0.321. The second-order valence-corrected chi connectivity index (χ2v) is 9.77. The zero-order chi connectivity index (χ0) is 22.6. The minimum Gasteiger partial charge on any atom is -0.324 e. The monoisotopic (exact) mass is 461 g/mol. The number of hydrogen-bond donors (Lipinski definition) is 2. The molecule has 0 aliphatic heterocycles. The first-order chi connectivity index (χ1) is 14.6. The molecule has 2 aromatic carbocycles. The highest BCUT2D eigenvalue weighted by Crippen LogP contribution is 2.22. The molecule has 3 rings (SSSR count). The topological polar surface area (TPSA) is 131 Å². The van der Waals surface area contributed by atoms with E-state index in [1.165, 1.54) is 42.5 Å². The van der Waals surface area contributed by atoms with Crippen LogP contribution < -0.4 is 10.6 Å². The first-order valence-corrected chi connectivity index (χ1v) is 11.6. The lowest BCUT2D eigenvalue weighted by Crippen LogP contribution is -2.06. The summed E-state index contributed by atoms with van der Waals surface area (Å²) in [5, 5.41) is 7.11. The second kappa shape index (κ2) is 8.62. The number of nitrogens with zero attached hydrogens (tertiary/aromatic N) is 3. The van der Waals surface area contributed by atoms with E-state index < -0.39 is 25.8 Å². The summed E-state index contributed by atoms with van der Waals surface area (Å²) in [7, 11) is -7.23. The molecule has 0 aliphatic rings. The maximum Gasteiger partial charge on any atom is 0.315 e. The molecule has 0 bridgehead atoms. The minimum atomic E-state index is -3.65. The molecular weight excluding hydrogens is 445 g/mol. The molecule has 0 radical (unpaired) electrons. The third-order valence-electron chi connectivity index (χ3n) is 3.90. The number of anilines is 4. The van der Waals surface area contributed by atoms with Crippen LogP contribution in [0, 0.1) is 6.08 Å². The van der Waals surface area contributed by atoms with Crippen molar-refractivity contribution in [2.75, 3.05) is 10.6 Å². The Morgan fingerprint density at radius 1 is 0.742 bits per heavy atom. The summed E-state index contributed by atoms with van der Waals surface area (Å²) >= 11 is 0. The normalized spacial score (nSPS) is 11.5. The average molecular weight is 462 g/mol. The van der Waals surface area contributed by atoms with Gasteiger partial charge < -0.3 is 10.6 Å². The van der Waals surface area contributed by atoms with Gasteiger partial charge in [-0.1, -0.05) is 19.2 Å². The standard InChI is InChI=1S/C19H16FN5O4S2/c1-3-30(26,27)15-10-8-13(9-11-15)21-18-23-17(20)24-19(25-18)22-14-6-5-7-16(12-14)31(28,29)4-2/h3-12H,1-2H2,(H2,21,22,23,24,25). The van der Waals surface area contributed by atoms with E-state index in [0.717, 1.165) is 10.8 Å². The van der Waals surface area contributed by atoms with Crippen LogP contribution in [0.2, 0.25) is 0 Å². The van der Waals surface area contributed by atoms with Crippen LogP contribution in [0.4, 0.5) is 27.7 Å². The molecule has 0 spiro atoms. The number of hydrogen-bond acceptors (Lipinski definition) is 9. The highest BCUT2D eigenvalue weighted by molar-refractivity contribution is 7.94. The van der Waals surface area contributed by atoms with Crippen molar-refractivity contribution in [3.05, 3.63) is 78.6 Å². The van der Waals surface area contributed by atoms with Crippen LogP contribution in [0.25, 0.3) is 0 Å². The lowest BCUT2D eigenvalue weighted by Gasteiger charge is -2.09. The number of nitrogens with one attached hydrogen (secondary N) is 2. The van der Waals surface area contributed by atoms with Crippen LogP contribution >= 0.6 is 0 Å². The lowest BCUT2D eigenvalue weighted by molar-refractivity contribution is 0.537. The maximum absolute atomic E-state index is 13.9. The predicted molar refractivity (Wildman–Crippen MR) is 114 cm³/mol. The lowest BCUT2D eigenvalue weighted by atomic mass is 10.3. The van der Waals surface area contributed by atoms with Crippen molar-refractivity contribution in [3.8, 4) is 0 Å². The van der Waals surface area contributed by atoms with E-state index in [0.29, 0.717) is 11.4 Å². The summed E-state index contributed by atoms with van der Waals surface area (Å²) < 4.78 is 61.3. The molecule has 0 amide bonds. The van der Waals surface area contributed by atoms with E-state index in [9.17, 15) is 21.2 Å². The highest BCUT2D eigenvalue weighted by atomic mass is 32.2. The molecule has 0 fully saturated rings. The first kappa shape index (κ1) is 22.1. The van der Waals surface area contributed by atoms with E-state index >= 15 is 0 Å². The van der Waals surface area contributed by atoms with Crippen LogP contribution in [0.3, 0.4) is 0 Å². The molecule has 160 valence electrons. The molecule has 1 heterocycles. The van der Waals surface area contributed by atoms with E-state index in [2.05, 4.69) is 38.7 Å². The van der Waals surface area contributed by atoms with E-state index in [1.807, 2.05) is 0 Å². The minimum absolute atomic E-state index is 0.00468. The summed E-state index contributed by atoms with van der Waals surface area (Å²) in [6.07, 6.45) is -1.08. The van der Waals surface area contributed by atoms with Gasteiger partial charge in [-0.15, -0.1) is 0 Å². The van der Waals surface area contributed by atoms with Gasteiger partial charge in [0.25, 0.3) is 0 Å². The zero-order valence-corrected chi connectivity index (χ0v) is 17.5. The van der Waals surface area contributed by atoms with E-state index in [1.54, 1.807) is 6.07 Å². The molecule has 2 N–H and O–H groups in total. The smallest absolute Gasteiger partial charge is 0.315 e. The zero-order valence-electron chi connectivity index (χ0n) is 15.9. The highest BCUT2D eigenvalue weighted by Gasteiger charge is 2.12. The molecular formula is C19H16FN5O4S2. The van der Waals surface area contributed by atoms with Crippen molar-refractivity contribution in [1.29, 1.82) is 0 Å². The predicted octanol–water partition coefficient (Wildman–Crippen LogP) is 3.33. The number of halogens is 1. The van der Waals surface area contributed by atoms with Gasteiger partial charge in [0.2, 0.25) is 11.9 Å². The van der Waals surface area contributed by atoms with Gasteiger partial charge in [0.15, 0.2) is 19.7 Å². The van der Waals surface area contributed by atoms with Gasteiger partial charge >= 0.3 is 6.08 Å². The van der Waals surface area contributed by atoms with Crippen LogP contribution in [-0.4, -0.2) is 31.8 Å². The summed E-state index contributed by atoms with van der Waals surface area (Å²) in [6.45, 7) is 6.53. The van der Waals surface area contributed by atoms with Crippen LogP contribution in [0.1, 0.15) is 0 Å². The fourth-order valence-electron chi connectivity index (χ4n) is 2.39. The average Bonchev–Trinajstić information content (AvgIpc) is 2.74. The number of aromatic nitrogens is 3. The summed E-state index contributed by atoms with van der Waals surface area (Å²) in [4.78, 5) is 11.2. The van der Waals surface area contributed by atoms with Crippen molar-refractivity contribution in [1.82, 2.24) is 15.0 Å². The van der Waals surface area contributed by atoms with Crippen molar-refractivity contribution < 1.29 is 21.2 Å². The van der Waals surface area contributed by atoms with Gasteiger partial charge in [0.05, 0.1) is 9.79 Å². The Hall–Kier alpha value is -3.64. The van der Waals surface area contributed by atoms with Gasteiger partial charge in [-0.2, -0.15) is 19.3 Å². The molecule has 0 saturated carbocycles. The molecule has 9 nitrogen and oxygen atoms in total. The van der Waals surface area contributed by atoms with Gasteiger partial charge in [-0.3, -0.25) is 0 Å². The molecule has 0 atom stereocenters. The fraction of sp³-hybridized carbons (Fsp3) is 0. The van der Waals surface area contributed by atoms with E-state index in [-0.39, 0.29) is 21.7 Å². The van der Waals surface area contributed by atoms with Crippen molar-refractivity contribution in [3.63, 3.8) is 0 Å². The van der Waals surface area contributed by atoms with Gasteiger partial charge in [0, 0.05) is 22.2 Å². The quantitative estimate of drug-likeness (QED) is 0.518. The molecule has 0 aliphatic carbocycles. The van der Waals surface area contributed by atoms with Crippen LogP contribution in [-0.2, 0) is 19.7 Å². The molecule has 0 unspecified atom stereocenters. The van der Waals surface area contributed by atoms with Gasteiger partial charge in [0.1, 0.15) is 0 Å². The van der Waals surface area contributed by atoms with Gasteiger partial charge in [-0.05, 0) is 42.5 Å². The number of rotatable bonds is 8. The number of sulfone groups is 2. The molecule has 12 heteroatoms. The number of benzene rings is 2. The first-order valence-electron chi connectivity index (χ1n) is 8.54. The molecule has 31 heavy (non-hydrogen) atoms. The van der Waals surface area contributed by atoms with E-state index in [4.69, 9.17) is 0 Å². The van der Waals surface area contributed by atoms with Crippen molar-refractivity contribution in [2.24, 2.45) is 0 Å². The third-order valence-corrected chi connectivity index (χ3v) is 6.62. The second-order valence-electron chi connectivity index (χ2n) is 5.98. The largest absolute Gasteiger partial charge is 0.324 e. The Kier molecular flexibility index (Phi) is 6.13. The van der Waals surface area contributed by atoms with Crippen LogP contribution in [0.15, 0.2) is 82.3 Å². The molecule has 3 aromatic rings. The Balaban J connectivity index is 1.84. The molecule has 0 saturated heterocycles. The SMILES string of the molecule is C=CS(=O)(=O)c1ccc(Nc2nc(F)nc(Nc3cccc(S(=O)(=O)C=C)c3)n2)cc1. The van der Waals surface area contributed by atoms with Crippen molar-refractivity contribution in [2.45, 2.75) is 9.79 Å². The Morgan fingerprint density at radius 3 is 1.87 bits per heavy atom. The third kappa shape index (κ3) is 5.29. The Bertz CT molecular complexity index is 1360. The summed E-state index contributed by atoms with van der Waals surface area (Å²) in [5.41, 5.74) is 0.706. The van der Waals surface area contributed by atoms with Crippen LogP contribution in [0.5, 0.6) is 0 Å². The molecule has 1 aromatic heterocycles. The maximum atomic E-state index is 13.9. The van der Waals surface area contributed by atoms with Crippen molar-refractivity contribution >= 4 is 42.9 Å². The fourth-order valence-corrected chi connectivity index (χ4v) is 3.85. The Morgan fingerprint density at radius 2 is 1.29 bits per heavy atom.